The summed E-state index contributed by atoms with van der Waals surface area (Å²) in [6.45, 7) is -0.213. The number of ether oxygens (including phenoxy) is 1. The van der Waals surface area contributed by atoms with Crippen molar-refractivity contribution in [3.8, 4) is 5.75 Å². The second kappa shape index (κ2) is 9.57. The van der Waals surface area contributed by atoms with Crippen molar-refractivity contribution in [3.63, 3.8) is 0 Å². The van der Waals surface area contributed by atoms with Gasteiger partial charge in [0.1, 0.15) is 18.5 Å². The molecule has 0 aliphatic carbocycles. The minimum Gasteiger partial charge on any atom is -0.491 e. The Morgan fingerprint density at radius 1 is 1.17 bits per heavy atom. The van der Waals surface area contributed by atoms with E-state index in [1.54, 1.807) is 17.0 Å². The van der Waals surface area contributed by atoms with Gasteiger partial charge in [-0.15, -0.1) is 0 Å². The number of aliphatic hydroxyl groups is 3. The van der Waals surface area contributed by atoms with Crippen molar-refractivity contribution in [2.75, 3.05) is 37.8 Å². The SMILES string of the molecule is Cn1c(=O)[nH]c(=O)c2c1nc(N(CCO)CCO)n2C[C@@H](O)COc1ccccc1. The molecule has 0 aliphatic rings. The van der Waals surface area contributed by atoms with Gasteiger partial charge in [0.05, 0.1) is 19.8 Å². The number of rotatable bonds is 10. The van der Waals surface area contributed by atoms with E-state index in [1.807, 2.05) is 18.2 Å². The molecule has 2 aromatic heterocycles. The van der Waals surface area contributed by atoms with Gasteiger partial charge < -0.3 is 29.5 Å². The fourth-order valence-corrected chi connectivity index (χ4v) is 3.16. The molecule has 11 nitrogen and oxygen atoms in total. The number of nitrogens with one attached hydrogen (secondary N) is 1. The van der Waals surface area contributed by atoms with Crippen molar-refractivity contribution in [1.82, 2.24) is 19.1 Å². The molecule has 1 atom stereocenters. The second-order valence-electron chi connectivity index (χ2n) is 6.73. The molecule has 4 N–H and O–H groups in total. The second-order valence-corrected chi connectivity index (χ2v) is 6.73. The molecule has 0 amide bonds. The van der Waals surface area contributed by atoms with E-state index in [1.165, 1.54) is 16.2 Å². The Labute approximate surface area is 171 Å². The lowest BCUT2D eigenvalue weighted by atomic mass is 10.3. The van der Waals surface area contributed by atoms with Crippen LogP contribution in [0.15, 0.2) is 39.9 Å². The number of nitrogens with zero attached hydrogens (tertiary/aromatic N) is 4. The average Bonchev–Trinajstić information content (AvgIpc) is 3.11. The predicted molar refractivity (Wildman–Crippen MR) is 110 cm³/mol. The van der Waals surface area contributed by atoms with Crippen LogP contribution in [0, 0.1) is 0 Å². The molecule has 0 fully saturated rings. The summed E-state index contributed by atoms with van der Waals surface area (Å²) in [6.07, 6.45) is -0.997. The number of H-pyrrole nitrogens is 1. The minimum atomic E-state index is -0.997. The molecular weight excluding hydrogens is 394 g/mol. The van der Waals surface area contributed by atoms with Gasteiger partial charge in [0.25, 0.3) is 5.56 Å². The Hall–Kier alpha value is -3.15. The van der Waals surface area contributed by atoms with Crippen LogP contribution in [0.2, 0.25) is 0 Å². The molecule has 30 heavy (non-hydrogen) atoms. The first-order valence-electron chi connectivity index (χ1n) is 9.48. The number of hydrogen-bond donors (Lipinski definition) is 4. The highest BCUT2D eigenvalue weighted by Gasteiger charge is 2.23. The fraction of sp³-hybridized carbons (Fsp3) is 0.421. The number of aliphatic hydroxyl groups excluding tert-OH is 3. The number of aromatic amines is 1. The van der Waals surface area contributed by atoms with Crippen molar-refractivity contribution < 1.29 is 20.1 Å². The van der Waals surface area contributed by atoms with E-state index in [0.717, 1.165) is 0 Å². The molecule has 162 valence electrons. The van der Waals surface area contributed by atoms with Crippen molar-refractivity contribution in [1.29, 1.82) is 0 Å². The highest BCUT2D eigenvalue weighted by atomic mass is 16.5. The van der Waals surface area contributed by atoms with Crippen LogP contribution in [-0.2, 0) is 13.6 Å². The number of hydrogen-bond acceptors (Lipinski definition) is 8. The summed E-state index contributed by atoms with van der Waals surface area (Å²) in [5, 5.41) is 29.3. The topological polar surface area (TPSA) is 146 Å². The van der Waals surface area contributed by atoms with E-state index in [0.29, 0.717) is 5.75 Å². The van der Waals surface area contributed by atoms with Crippen molar-refractivity contribution in [3.05, 3.63) is 51.2 Å². The summed E-state index contributed by atoms with van der Waals surface area (Å²) >= 11 is 0. The molecule has 0 bridgehead atoms. The molecule has 3 rings (SSSR count). The molecule has 0 radical (unpaired) electrons. The molecule has 0 spiro atoms. The molecule has 0 saturated heterocycles. The van der Waals surface area contributed by atoms with E-state index in [-0.39, 0.29) is 56.6 Å². The zero-order valence-corrected chi connectivity index (χ0v) is 16.6. The quantitative estimate of drug-likeness (QED) is 0.316. The maximum Gasteiger partial charge on any atom is 0.329 e. The smallest absolute Gasteiger partial charge is 0.329 e. The molecule has 0 saturated carbocycles. The zero-order valence-electron chi connectivity index (χ0n) is 16.6. The van der Waals surface area contributed by atoms with Gasteiger partial charge in [0.15, 0.2) is 11.2 Å². The molecule has 0 aliphatic heterocycles. The van der Waals surface area contributed by atoms with Crippen LogP contribution >= 0.6 is 0 Å². The Morgan fingerprint density at radius 3 is 2.47 bits per heavy atom. The molecular formula is C19H25N5O6. The molecule has 1 aromatic carbocycles. The molecule has 11 heteroatoms. The van der Waals surface area contributed by atoms with Gasteiger partial charge in [0, 0.05) is 20.1 Å². The van der Waals surface area contributed by atoms with Crippen LogP contribution in [0.4, 0.5) is 5.95 Å². The number of para-hydroxylation sites is 1. The third-order valence-electron chi connectivity index (χ3n) is 4.59. The first kappa shape index (κ1) is 21.6. The maximum atomic E-state index is 12.5. The number of anilines is 1. The van der Waals surface area contributed by atoms with Crippen LogP contribution in [0.1, 0.15) is 0 Å². The number of aryl methyl sites for hydroxylation is 1. The van der Waals surface area contributed by atoms with E-state index in [9.17, 15) is 24.9 Å². The summed E-state index contributed by atoms with van der Waals surface area (Å²) < 4.78 is 8.24. The number of fused-ring (bicyclic) bond motifs is 1. The van der Waals surface area contributed by atoms with Gasteiger partial charge in [-0.05, 0) is 12.1 Å². The summed E-state index contributed by atoms with van der Waals surface area (Å²) in [7, 11) is 1.47. The number of benzene rings is 1. The lowest BCUT2D eigenvalue weighted by Crippen LogP contribution is -2.34. The maximum absolute atomic E-state index is 12.5. The summed E-state index contributed by atoms with van der Waals surface area (Å²) in [5.74, 6) is 0.841. The van der Waals surface area contributed by atoms with E-state index < -0.39 is 17.4 Å². The number of aromatic nitrogens is 4. The Morgan fingerprint density at radius 2 is 1.83 bits per heavy atom. The van der Waals surface area contributed by atoms with Gasteiger partial charge in [-0.25, -0.2) is 4.79 Å². The first-order valence-corrected chi connectivity index (χ1v) is 9.48. The van der Waals surface area contributed by atoms with Crippen molar-refractivity contribution in [2.24, 2.45) is 7.05 Å². The largest absolute Gasteiger partial charge is 0.491 e. The molecule has 3 aromatic rings. The third-order valence-corrected chi connectivity index (χ3v) is 4.59. The zero-order chi connectivity index (χ0) is 21.7. The summed E-state index contributed by atoms with van der Waals surface area (Å²) in [6, 6.07) is 8.99. The average molecular weight is 419 g/mol. The normalized spacial score (nSPS) is 12.3. The van der Waals surface area contributed by atoms with Crippen molar-refractivity contribution >= 4 is 17.1 Å². The lowest BCUT2D eigenvalue weighted by molar-refractivity contribution is 0.0936. The van der Waals surface area contributed by atoms with Crippen LogP contribution in [0.25, 0.3) is 11.2 Å². The van der Waals surface area contributed by atoms with Gasteiger partial charge in [-0.2, -0.15) is 4.98 Å². The minimum absolute atomic E-state index is 0.0349. The van der Waals surface area contributed by atoms with Crippen LogP contribution in [-0.4, -0.2) is 73.4 Å². The Bertz CT molecular complexity index is 1080. The van der Waals surface area contributed by atoms with E-state index in [4.69, 9.17) is 4.74 Å². The summed E-state index contributed by atoms with van der Waals surface area (Å²) in [4.78, 5) is 32.7. The standard InChI is InChI=1S/C19H25N5O6/c1-22-16-15(17(28)21-19(22)29)24(18(20-16)23(7-9-25)8-10-26)11-13(27)12-30-14-5-3-2-4-6-14/h2-6,13,25-27H,7-12H2,1H3,(H,21,28,29)/t13-/m1/s1. The number of imidazole rings is 1. The van der Waals surface area contributed by atoms with Crippen molar-refractivity contribution in [2.45, 2.75) is 12.6 Å². The molecule has 2 heterocycles. The van der Waals surface area contributed by atoms with Gasteiger partial charge in [0.2, 0.25) is 5.95 Å². The Balaban J connectivity index is 1.99. The monoisotopic (exact) mass is 419 g/mol. The van der Waals surface area contributed by atoms with Crippen LogP contribution in [0.3, 0.4) is 0 Å². The first-order chi connectivity index (χ1) is 14.5. The van der Waals surface area contributed by atoms with Gasteiger partial charge in [-0.1, -0.05) is 18.2 Å². The Kier molecular flexibility index (Phi) is 6.87. The highest BCUT2D eigenvalue weighted by molar-refractivity contribution is 5.74. The molecule has 0 unspecified atom stereocenters. The predicted octanol–water partition coefficient (Wildman–Crippen LogP) is -1.35. The van der Waals surface area contributed by atoms with Crippen LogP contribution in [0.5, 0.6) is 5.75 Å². The van der Waals surface area contributed by atoms with Gasteiger partial charge in [-0.3, -0.25) is 14.3 Å². The van der Waals surface area contributed by atoms with Gasteiger partial charge >= 0.3 is 5.69 Å². The fourth-order valence-electron chi connectivity index (χ4n) is 3.16. The van der Waals surface area contributed by atoms with E-state index in [2.05, 4.69) is 9.97 Å². The third kappa shape index (κ3) is 4.53. The van der Waals surface area contributed by atoms with E-state index >= 15 is 0 Å². The lowest BCUT2D eigenvalue weighted by Gasteiger charge is -2.24. The summed E-state index contributed by atoms with van der Waals surface area (Å²) in [5.41, 5.74) is -1.02. The highest BCUT2D eigenvalue weighted by Crippen LogP contribution is 2.20. The van der Waals surface area contributed by atoms with Crippen LogP contribution < -0.4 is 20.9 Å².